The van der Waals surface area contributed by atoms with E-state index in [1.165, 1.54) is 96.4 Å². The van der Waals surface area contributed by atoms with Gasteiger partial charge in [-0.15, -0.1) is 0 Å². The molecule has 1 fully saturated rings. The zero-order valence-electron chi connectivity index (χ0n) is 13.6. The SMILES string of the molecule is CCCCCCCC1(CCCCCCC)CCCN1. The predicted molar refractivity (Wildman–Crippen MR) is 86.7 cm³/mol. The highest BCUT2D eigenvalue weighted by Crippen LogP contribution is 2.31. The van der Waals surface area contributed by atoms with Gasteiger partial charge >= 0.3 is 0 Å². The fourth-order valence-corrected chi connectivity index (χ4v) is 3.55. The van der Waals surface area contributed by atoms with Crippen molar-refractivity contribution in [1.29, 1.82) is 0 Å². The molecule has 0 saturated carbocycles. The van der Waals surface area contributed by atoms with Crippen molar-refractivity contribution < 1.29 is 0 Å². The highest BCUT2D eigenvalue weighted by Gasteiger charge is 2.31. The Morgan fingerprint density at radius 2 is 1.26 bits per heavy atom. The van der Waals surface area contributed by atoms with E-state index >= 15 is 0 Å². The van der Waals surface area contributed by atoms with Crippen LogP contribution in [0.1, 0.15) is 104 Å². The van der Waals surface area contributed by atoms with Crippen molar-refractivity contribution in [3.8, 4) is 0 Å². The summed E-state index contributed by atoms with van der Waals surface area (Å²) in [4.78, 5) is 0. The summed E-state index contributed by atoms with van der Waals surface area (Å²) in [6, 6.07) is 0. The Balaban J connectivity index is 2.14. The van der Waals surface area contributed by atoms with Crippen LogP contribution in [0.2, 0.25) is 0 Å². The Bertz CT molecular complexity index is 178. The second-order valence-electron chi connectivity index (χ2n) is 6.64. The molecule has 19 heavy (non-hydrogen) atoms. The minimum Gasteiger partial charge on any atom is -0.311 e. The quantitative estimate of drug-likeness (QED) is 0.439. The Kier molecular flexibility index (Phi) is 9.59. The van der Waals surface area contributed by atoms with Crippen LogP contribution in [0.15, 0.2) is 0 Å². The molecule has 0 aromatic carbocycles. The predicted octanol–water partition coefficient (Wildman–Crippen LogP) is 5.83. The van der Waals surface area contributed by atoms with Gasteiger partial charge in [-0.25, -0.2) is 0 Å². The van der Waals surface area contributed by atoms with E-state index in [0.29, 0.717) is 5.54 Å². The molecule has 0 amide bonds. The summed E-state index contributed by atoms with van der Waals surface area (Å²) in [7, 11) is 0. The Labute approximate surface area is 121 Å². The summed E-state index contributed by atoms with van der Waals surface area (Å²) < 4.78 is 0. The molecule has 0 bridgehead atoms. The molecular weight excluding hydrogens is 230 g/mol. The van der Waals surface area contributed by atoms with Gasteiger partial charge in [0.1, 0.15) is 0 Å². The first-order valence-electron chi connectivity index (χ1n) is 9.08. The molecule has 0 radical (unpaired) electrons. The van der Waals surface area contributed by atoms with Crippen LogP contribution < -0.4 is 5.32 Å². The first kappa shape index (κ1) is 17.0. The van der Waals surface area contributed by atoms with Crippen molar-refractivity contribution >= 4 is 0 Å². The molecule has 0 spiro atoms. The fourth-order valence-electron chi connectivity index (χ4n) is 3.55. The van der Waals surface area contributed by atoms with Crippen molar-refractivity contribution in [2.75, 3.05) is 6.54 Å². The fraction of sp³-hybridized carbons (Fsp3) is 1.00. The Morgan fingerprint density at radius 3 is 1.68 bits per heavy atom. The average Bonchev–Trinajstić information content (AvgIpc) is 2.88. The van der Waals surface area contributed by atoms with Crippen molar-refractivity contribution in [3.63, 3.8) is 0 Å². The Morgan fingerprint density at radius 1 is 0.737 bits per heavy atom. The molecule has 0 aliphatic carbocycles. The number of rotatable bonds is 12. The third-order valence-corrected chi connectivity index (χ3v) is 4.85. The first-order chi connectivity index (χ1) is 9.33. The lowest BCUT2D eigenvalue weighted by Crippen LogP contribution is -2.39. The molecule has 114 valence electrons. The standard InChI is InChI=1S/C18H37N/c1-3-5-7-9-11-14-18(16-13-17-19-18)15-12-10-8-6-4-2/h19H,3-17H2,1-2H3. The molecule has 0 unspecified atom stereocenters. The van der Waals surface area contributed by atoms with E-state index in [1.54, 1.807) is 0 Å². The monoisotopic (exact) mass is 267 g/mol. The number of hydrogen-bond acceptors (Lipinski definition) is 1. The lowest BCUT2D eigenvalue weighted by molar-refractivity contribution is 0.299. The molecule has 0 aromatic rings. The third kappa shape index (κ3) is 7.34. The molecule has 1 aliphatic rings. The zero-order chi connectivity index (χ0) is 13.8. The van der Waals surface area contributed by atoms with Crippen LogP contribution >= 0.6 is 0 Å². The van der Waals surface area contributed by atoms with Gasteiger partial charge in [0, 0.05) is 5.54 Å². The lowest BCUT2D eigenvalue weighted by Gasteiger charge is -2.30. The van der Waals surface area contributed by atoms with Gasteiger partial charge in [-0.3, -0.25) is 0 Å². The highest BCUT2D eigenvalue weighted by molar-refractivity contribution is 4.92. The molecule has 0 atom stereocenters. The van der Waals surface area contributed by atoms with Gasteiger partial charge in [-0.2, -0.15) is 0 Å². The van der Waals surface area contributed by atoms with E-state index in [9.17, 15) is 0 Å². The molecule has 1 rings (SSSR count). The number of hydrogen-bond donors (Lipinski definition) is 1. The Hall–Kier alpha value is -0.0400. The van der Waals surface area contributed by atoms with Crippen LogP contribution in [-0.4, -0.2) is 12.1 Å². The zero-order valence-corrected chi connectivity index (χ0v) is 13.6. The minimum absolute atomic E-state index is 0.540. The molecule has 1 N–H and O–H groups in total. The summed E-state index contributed by atoms with van der Waals surface area (Å²) in [5.41, 5.74) is 0.540. The maximum atomic E-state index is 3.85. The topological polar surface area (TPSA) is 12.0 Å². The largest absolute Gasteiger partial charge is 0.311 e. The van der Waals surface area contributed by atoms with Gasteiger partial charge in [0.15, 0.2) is 0 Å². The lowest BCUT2D eigenvalue weighted by atomic mass is 9.85. The summed E-state index contributed by atoms with van der Waals surface area (Å²) in [5.74, 6) is 0. The van der Waals surface area contributed by atoms with Crippen molar-refractivity contribution in [2.24, 2.45) is 0 Å². The highest BCUT2D eigenvalue weighted by atomic mass is 15.0. The smallest absolute Gasteiger partial charge is 0.0182 e. The molecule has 1 nitrogen and oxygen atoms in total. The van der Waals surface area contributed by atoms with Gasteiger partial charge in [0.05, 0.1) is 0 Å². The van der Waals surface area contributed by atoms with Gasteiger partial charge in [-0.05, 0) is 32.2 Å². The van der Waals surface area contributed by atoms with Gasteiger partial charge < -0.3 is 5.32 Å². The van der Waals surface area contributed by atoms with Crippen LogP contribution in [0.4, 0.5) is 0 Å². The molecule has 1 heterocycles. The van der Waals surface area contributed by atoms with Crippen molar-refractivity contribution in [1.82, 2.24) is 5.32 Å². The van der Waals surface area contributed by atoms with Crippen LogP contribution in [0.25, 0.3) is 0 Å². The van der Waals surface area contributed by atoms with E-state index < -0.39 is 0 Å². The van der Waals surface area contributed by atoms with E-state index in [0.717, 1.165) is 0 Å². The van der Waals surface area contributed by atoms with Gasteiger partial charge in [0.2, 0.25) is 0 Å². The molecule has 1 aliphatic heterocycles. The van der Waals surface area contributed by atoms with E-state index in [1.807, 2.05) is 0 Å². The van der Waals surface area contributed by atoms with Gasteiger partial charge in [0.25, 0.3) is 0 Å². The van der Waals surface area contributed by atoms with Crippen molar-refractivity contribution in [3.05, 3.63) is 0 Å². The second-order valence-corrected chi connectivity index (χ2v) is 6.64. The molecule has 1 saturated heterocycles. The average molecular weight is 268 g/mol. The van der Waals surface area contributed by atoms with E-state index in [-0.39, 0.29) is 0 Å². The maximum absolute atomic E-state index is 3.85. The van der Waals surface area contributed by atoms with E-state index in [2.05, 4.69) is 19.2 Å². The first-order valence-corrected chi connectivity index (χ1v) is 9.08. The molecular formula is C18H37N. The summed E-state index contributed by atoms with van der Waals surface area (Å²) >= 11 is 0. The summed E-state index contributed by atoms with van der Waals surface area (Å²) in [6.45, 7) is 5.87. The summed E-state index contributed by atoms with van der Waals surface area (Å²) in [5, 5.41) is 3.85. The maximum Gasteiger partial charge on any atom is 0.0182 e. The van der Waals surface area contributed by atoms with Crippen LogP contribution in [-0.2, 0) is 0 Å². The number of nitrogens with one attached hydrogen (secondary N) is 1. The van der Waals surface area contributed by atoms with Crippen molar-refractivity contribution in [2.45, 2.75) is 109 Å². The normalized spacial score (nSPS) is 18.0. The van der Waals surface area contributed by atoms with Crippen LogP contribution in [0, 0.1) is 0 Å². The summed E-state index contributed by atoms with van der Waals surface area (Å²) in [6.07, 6.45) is 20.0. The van der Waals surface area contributed by atoms with E-state index in [4.69, 9.17) is 0 Å². The second kappa shape index (κ2) is 10.7. The molecule has 1 heteroatoms. The number of unbranched alkanes of at least 4 members (excludes halogenated alkanes) is 8. The van der Waals surface area contributed by atoms with Gasteiger partial charge in [-0.1, -0.05) is 78.1 Å². The van der Waals surface area contributed by atoms with Crippen LogP contribution in [0.5, 0.6) is 0 Å². The molecule has 0 aromatic heterocycles. The minimum atomic E-state index is 0.540. The third-order valence-electron chi connectivity index (χ3n) is 4.85. The van der Waals surface area contributed by atoms with Crippen LogP contribution in [0.3, 0.4) is 0 Å².